The van der Waals surface area contributed by atoms with Gasteiger partial charge in [0.15, 0.2) is 0 Å². The summed E-state index contributed by atoms with van der Waals surface area (Å²) in [5.74, 6) is 3.10. The van der Waals surface area contributed by atoms with Gasteiger partial charge in [-0.05, 0) is 24.0 Å². The van der Waals surface area contributed by atoms with Crippen LogP contribution in [0.5, 0.6) is 5.75 Å². The van der Waals surface area contributed by atoms with Crippen molar-refractivity contribution in [2.24, 2.45) is 0 Å². The zero-order chi connectivity index (χ0) is 10.8. The summed E-state index contributed by atoms with van der Waals surface area (Å²) in [6.07, 6.45) is 7.46. The second-order valence-electron chi connectivity index (χ2n) is 4.17. The maximum Gasteiger partial charge on any atom is 0.139 e. The molecule has 1 aliphatic rings. The summed E-state index contributed by atoms with van der Waals surface area (Å²) >= 11 is 0. The highest BCUT2D eigenvalue weighted by Crippen LogP contribution is 2.35. The SMILES string of the molecule is C#CC[NH+](C)C1CCc2cccc(O)c21.[Cl-]. The van der Waals surface area contributed by atoms with Crippen LogP contribution in [0.1, 0.15) is 23.6 Å². The van der Waals surface area contributed by atoms with Gasteiger partial charge in [0.25, 0.3) is 0 Å². The van der Waals surface area contributed by atoms with Crippen LogP contribution in [0.2, 0.25) is 0 Å². The Morgan fingerprint density at radius 1 is 1.56 bits per heavy atom. The van der Waals surface area contributed by atoms with Crippen LogP contribution in [-0.2, 0) is 6.42 Å². The van der Waals surface area contributed by atoms with Crippen molar-refractivity contribution in [3.05, 3.63) is 29.3 Å². The van der Waals surface area contributed by atoms with Gasteiger partial charge < -0.3 is 22.4 Å². The van der Waals surface area contributed by atoms with Gasteiger partial charge in [-0.3, -0.25) is 0 Å². The average Bonchev–Trinajstić information content (AvgIpc) is 2.63. The molecule has 2 unspecified atom stereocenters. The van der Waals surface area contributed by atoms with Crippen LogP contribution in [-0.4, -0.2) is 18.7 Å². The molecule has 0 fully saturated rings. The van der Waals surface area contributed by atoms with Gasteiger partial charge in [-0.15, -0.1) is 6.42 Å². The van der Waals surface area contributed by atoms with Crippen molar-refractivity contribution in [2.45, 2.75) is 18.9 Å². The molecule has 3 heteroatoms. The molecule has 2 rings (SSSR count). The standard InChI is InChI=1S/C13H15NO.ClH/c1-3-9-14(2)11-8-7-10-5-4-6-12(15)13(10)11;/h1,4-6,11,15H,7-9H2,2H3;1H. The number of terminal acetylenes is 1. The molecule has 0 aliphatic heterocycles. The third-order valence-corrected chi connectivity index (χ3v) is 3.20. The van der Waals surface area contributed by atoms with Crippen molar-refractivity contribution in [3.8, 4) is 18.1 Å². The minimum absolute atomic E-state index is 0. The zero-order valence-corrected chi connectivity index (χ0v) is 10.1. The molecule has 0 heterocycles. The highest BCUT2D eigenvalue weighted by atomic mass is 35.5. The minimum atomic E-state index is 0. The lowest BCUT2D eigenvalue weighted by Crippen LogP contribution is -3.09. The Morgan fingerprint density at radius 2 is 2.31 bits per heavy atom. The van der Waals surface area contributed by atoms with Crippen molar-refractivity contribution in [1.29, 1.82) is 0 Å². The first kappa shape index (κ1) is 12.9. The van der Waals surface area contributed by atoms with E-state index in [4.69, 9.17) is 6.42 Å². The second kappa shape index (κ2) is 5.25. The van der Waals surface area contributed by atoms with E-state index < -0.39 is 0 Å². The Balaban J connectivity index is 0.00000128. The van der Waals surface area contributed by atoms with Crippen LogP contribution in [0.15, 0.2) is 18.2 Å². The number of benzene rings is 1. The summed E-state index contributed by atoms with van der Waals surface area (Å²) in [4.78, 5) is 1.29. The fourth-order valence-electron chi connectivity index (χ4n) is 2.44. The molecular formula is C13H16ClNO. The molecule has 0 spiro atoms. The fraction of sp³-hybridized carbons (Fsp3) is 0.385. The first-order valence-electron chi connectivity index (χ1n) is 5.30. The van der Waals surface area contributed by atoms with Crippen LogP contribution in [0, 0.1) is 12.3 Å². The van der Waals surface area contributed by atoms with E-state index in [-0.39, 0.29) is 12.4 Å². The first-order chi connectivity index (χ1) is 7.24. The summed E-state index contributed by atoms with van der Waals surface area (Å²) in [5, 5.41) is 9.85. The number of aryl methyl sites for hydroxylation is 1. The number of hydrogen-bond acceptors (Lipinski definition) is 1. The number of quaternary nitrogens is 1. The van der Waals surface area contributed by atoms with Crippen LogP contribution >= 0.6 is 0 Å². The van der Waals surface area contributed by atoms with E-state index in [1.54, 1.807) is 6.07 Å². The Kier molecular flexibility index (Phi) is 4.23. The van der Waals surface area contributed by atoms with Crippen LogP contribution in [0.3, 0.4) is 0 Å². The molecule has 0 radical (unpaired) electrons. The first-order valence-corrected chi connectivity index (χ1v) is 5.30. The molecule has 0 aromatic heterocycles. The Hall–Kier alpha value is -1.17. The highest BCUT2D eigenvalue weighted by molar-refractivity contribution is 5.43. The van der Waals surface area contributed by atoms with Gasteiger partial charge >= 0.3 is 0 Å². The molecule has 0 bridgehead atoms. The topological polar surface area (TPSA) is 24.7 Å². The van der Waals surface area contributed by atoms with Crippen molar-refractivity contribution in [3.63, 3.8) is 0 Å². The van der Waals surface area contributed by atoms with E-state index in [1.165, 1.54) is 10.5 Å². The normalized spacial score (nSPS) is 19.4. The molecule has 2 N–H and O–H groups in total. The van der Waals surface area contributed by atoms with E-state index >= 15 is 0 Å². The predicted octanol–water partition coefficient (Wildman–Crippen LogP) is -2.47. The van der Waals surface area contributed by atoms with Gasteiger partial charge in [0.2, 0.25) is 0 Å². The minimum Gasteiger partial charge on any atom is -1.00 e. The molecule has 1 aromatic carbocycles. The second-order valence-corrected chi connectivity index (χ2v) is 4.17. The van der Waals surface area contributed by atoms with Crippen LogP contribution in [0.25, 0.3) is 0 Å². The largest absolute Gasteiger partial charge is 1.00 e. The summed E-state index contributed by atoms with van der Waals surface area (Å²) in [6.45, 7) is 0.707. The van der Waals surface area contributed by atoms with Gasteiger partial charge in [0.1, 0.15) is 18.3 Å². The Bertz CT molecular complexity index is 411. The molecule has 0 amide bonds. The van der Waals surface area contributed by atoms with Gasteiger partial charge in [0, 0.05) is 6.42 Å². The number of aromatic hydroxyl groups is 1. The van der Waals surface area contributed by atoms with Crippen molar-refractivity contribution in [1.82, 2.24) is 0 Å². The molecule has 2 nitrogen and oxygen atoms in total. The molecule has 86 valence electrons. The quantitative estimate of drug-likeness (QED) is 0.548. The molecular weight excluding hydrogens is 222 g/mol. The van der Waals surface area contributed by atoms with Crippen LogP contribution < -0.4 is 17.3 Å². The molecule has 0 saturated heterocycles. The number of phenols is 1. The van der Waals surface area contributed by atoms with Gasteiger partial charge in [0.05, 0.1) is 12.6 Å². The zero-order valence-electron chi connectivity index (χ0n) is 9.33. The van der Waals surface area contributed by atoms with Gasteiger partial charge in [-0.1, -0.05) is 12.1 Å². The lowest BCUT2D eigenvalue weighted by Gasteiger charge is -2.20. The van der Waals surface area contributed by atoms with E-state index in [1.807, 2.05) is 6.07 Å². The third-order valence-electron chi connectivity index (χ3n) is 3.20. The molecule has 1 aromatic rings. The number of rotatable bonds is 2. The lowest BCUT2D eigenvalue weighted by atomic mass is 10.1. The van der Waals surface area contributed by atoms with Crippen molar-refractivity contribution >= 4 is 0 Å². The monoisotopic (exact) mass is 237 g/mol. The predicted molar refractivity (Wildman–Crippen MR) is 59.8 cm³/mol. The third kappa shape index (κ3) is 2.16. The highest BCUT2D eigenvalue weighted by Gasteiger charge is 2.31. The van der Waals surface area contributed by atoms with E-state index in [9.17, 15) is 5.11 Å². The summed E-state index contributed by atoms with van der Waals surface area (Å²) < 4.78 is 0. The molecule has 0 saturated carbocycles. The summed E-state index contributed by atoms with van der Waals surface area (Å²) in [7, 11) is 2.09. The Morgan fingerprint density at radius 3 is 3.00 bits per heavy atom. The van der Waals surface area contributed by atoms with E-state index in [2.05, 4.69) is 19.0 Å². The number of hydrogen-bond donors (Lipinski definition) is 2. The number of phenolic OH excluding ortho intramolecular Hbond substituents is 1. The average molecular weight is 238 g/mol. The number of nitrogens with one attached hydrogen (secondary N) is 1. The number of fused-ring (bicyclic) bond motifs is 1. The van der Waals surface area contributed by atoms with Crippen molar-refractivity contribution < 1.29 is 22.4 Å². The van der Waals surface area contributed by atoms with Crippen LogP contribution in [0.4, 0.5) is 0 Å². The maximum atomic E-state index is 9.85. The summed E-state index contributed by atoms with van der Waals surface area (Å²) in [6, 6.07) is 6.13. The molecule has 1 aliphatic carbocycles. The fourth-order valence-corrected chi connectivity index (χ4v) is 2.44. The van der Waals surface area contributed by atoms with E-state index in [0.717, 1.165) is 18.4 Å². The summed E-state index contributed by atoms with van der Waals surface area (Å²) in [5.41, 5.74) is 2.38. The van der Waals surface area contributed by atoms with Gasteiger partial charge in [-0.25, -0.2) is 0 Å². The maximum absolute atomic E-state index is 9.85. The van der Waals surface area contributed by atoms with Gasteiger partial charge in [-0.2, -0.15) is 0 Å². The number of halogens is 1. The Labute approximate surface area is 103 Å². The van der Waals surface area contributed by atoms with E-state index in [0.29, 0.717) is 18.3 Å². The molecule has 2 atom stereocenters. The van der Waals surface area contributed by atoms with Crippen molar-refractivity contribution in [2.75, 3.05) is 13.6 Å². The lowest BCUT2D eigenvalue weighted by molar-refractivity contribution is -0.904. The molecule has 16 heavy (non-hydrogen) atoms. The smallest absolute Gasteiger partial charge is 0.139 e.